The van der Waals surface area contributed by atoms with Crippen LogP contribution in [0.1, 0.15) is 29.5 Å². The van der Waals surface area contributed by atoms with Crippen molar-refractivity contribution in [3.05, 3.63) is 76.6 Å². The van der Waals surface area contributed by atoms with Gasteiger partial charge >= 0.3 is 0 Å². The molecule has 3 heteroatoms. The molecule has 1 nitrogen and oxygen atoms in total. The summed E-state index contributed by atoms with van der Waals surface area (Å²) in [6, 6.07) is 12.9. The van der Waals surface area contributed by atoms with E-state index in [1.165, 1.54) is 11.6 Å². The van der Waals surface area contributed by atoms with Gasteiger partial charge in [0.15, 0.2) is 0 Å². The van der Waals surface area contributed by atoms with Gasteiger partial charge < -0.3 is 5.32 Å². The Morgan fingerprint density at radius 2 is 1.86 bits per heavy atom. The Morgan fingerprint density at radius 1 is 1.05 bits per heavy atom. The summed E-state index contributed by atoms with van der Waals surface area (Å²) < 4.78 is 14.2. The highest BCUT2D eigenvalue weighted by atomic mass is 35.5. The SMILES string of the molecule is Fc1ccccc1[C@@H]1Nc2c(Cl)cccc2[C@@H]2C=CC[C@H]21. The maximum atomic E-state index is 14.2. The predicted octanol–water partition coefficient (Wildman–Crippen LogP) is 5.31. The molecule has 1 aliphatic heterocycles. The van der Waals surface area contributed by atoms with Gasteiger partial charge in [-0.25, -0.2) is 4.39 Å². The van der Waals surface area contributed by atoms with Gasteiger partial charge in [0.05, 0.1) is 16.8 Å². The Bertz CT molecular complexity index is 725. The Labute approximate surface area is 128 Å². The summed E-state index contributed by atoms with van der Waals surface area (Å²) in [6.45, 7) is 0. The lowest BCUT2D eigenvalue weighted by atomic mass is 9.77. The summed E-state index contributed by atoms with van der Waals surface area (Å²) in [5.41, 5.74) is 2.89. The normalized spacial score (nSPS) is 26.1. The van der Waals surface area contributed by atoms with Crippen LogP contribution in [0.15, 0.2) is 54.6 Å². The van der Waals surface area contributed by atoms with Crippen LogP contribution in [0.4, 0.5) is 10.1 Å². The highest BCUT2D eigenvalue weighted by Gasteiger charge is 2.39. The zero-order valence-electron chi connectivity index (χ0n) is 11.4. The number of anilines is 1. The lowest BCUT2D eigenvalue weighted by Gasteiger charge is -2.38. The lowest BCUT2D eigenvalue weighted by molar-refractivity contribution is 0.413. The predicted molar refractivity (Wildman–Crippen MR) is 84.2 cm³/mol. The van der Waals surface area contributed by atoms with Crippen molar-refractivity contribution in [3.8, 4) is 0 Å². The highest BCUT2D eigenvalue weighted by Crippen LogP contribution is 2.51. The van der Waals surface area contributed by atoms with Gasteiger partial charge in [0, 0.05) is 11.5 Å². The topological polar surface area (TPSA) is 12.0 Å². The standard InChI is InChI=1S/C18H15ClFN/c19-15-9-4-8-13-11-6-3-7-12(11)17(21-18(13)15)14-5-1-2-10-16(14)20/h1-6,8-12,17,21H,7H2/t11-,12-,17-/m1/s1. The average Bonchev–Trinajstić information content (AvgIpc) is 2.97. The second kappa shape index (κ2) is 4.88. The molecule has 0 bridgehead atoms. The van der Waals surface area contributed by atoms with Crippen LogP contribution in [0.3, 0.4) is 0 Å². The van der Waals surface area contributed by atoms with E-state index in [1.807, 2.05) is 24.3 Å². The van der Waals surface area contributed by atoms with E-state index in [9.17, 15) is 4.39 Å². The second-order valence-electron chi connectivity index (χ2n) is 5.70. The van der Waals surface area contributed by atoms with E-state index in [-0.39, 0.29) is 11.9 Å². The van der Waals surface area contributed by atoms with E-state index in [2.05, 4.69) is 23.5 Å². The van der Waals surface area contributed by atoms with Crippen molar-refractivity contribution in [3.63, 3.8) is 0 Å². The van der Waals surface area contributed by atoms with Crippen LogP contribution in [0, 0.1) is 11.7 Å². The van der Waals surface area contributed by atoms with Crippen LogP contribution in [0.2, 0.25) is 5.02 Å². The van der Waals surface area contributed by atoms with Crippen LogP contribution < -0.4 is 5.32 Å². The summed E-state index contributed by atoms with van der Waals surface area (Å²) >= 11 is 6.34. The Hall–Kier alpha value is -1.80. The molecule has 0 saturated heterocycles. The number of rotatable bonds is 1. The molecule has 106 valence electrons. The minimum absolute atomic E-state index is 0.0430. The van der Waals surface area contributed by atoms with Crippen molar-refractivity contribution in [2.75, 3.05) is 5.32 Å². The smallest absolute Gasteiger partial charge is 0.128 e. The molecule has 0 saturated carbocycles. The molecule has 0 aromatic heterocycles. The first kappa shape index (κ1) is 12.9. The van der Waals surface area contributed by atoms with Crippen LogP contribution in [-0.2, 0) is 0 Å². The van der Waals surface area contributed by atoms with Gasteiger partial charge in [-0.3, -0.25) is 0 Å². The van der Waals surface area contributed by atoms with E-state index in [0.29, 0.717) is 16.9 Å². The number of hydrogen-bond acceptors (Lipinski definition) is 1. The van der Waals surface area contributed by atoms with Crippen molar-refractivity contribution in [2.24, 2.45) is 5.92 Å². The van der Waals surface area contributed by atoms with Crippen LogP contribution in [0.5, 0.6) is 0 Å². The van der Waals surface area contributed by atoms with E-state index in [0.717, 1.165) is 17.7 Å². The third-order valence-corrected chi connectivity index (χ3v) is 4.90. The third-order valence-electron chi connectivity index (χ3n) is 4.59. The zero-order chi connectivity index (χ0) is 14.4. The largest absolute Gasteiger partial charge is 0.376 e. The van der Waals surface area contributed by atoms with E-state index in [4.69, 9.17) is 11.6 Å². The second-order valence-corrected chi connectivity index (χ2v) is 6.11. The molecule has 21 heavy (non-hydrogen) atoms. The molecule has 0 radical (unpaired) electrons. The van der Waals surface area contributed by atoms with Gasteiger partial charge in [0.25, 0.3) is 0 Å². The summed E-state index contributed by atoms with van der Waals surface area (Å²) in [5, 5.41) is 4.18. The fourth-order valence-corrected chi connectivity index (χ4v) is 3.85. The maximum absolute atomic E-state index is 14.2. The molecule has 2 aromatic rings. The van der Waals surface area contributed by atoms with Gasteiger partial charge in [0.2, 0.25) is 0 Å². The van der Waals surface area contributed by atoms with Crippen LogP contribution in [0.25, 0.3) is 0 Å². The number of fused-ring (bicyclic) bond motifs is 3. The summed E-state index contributed by atoms with van der Waals surface area (Å²) in [4.78, 5) is 0. The first-order valence-electron chi connectivity index (χ1n) is 7.22. The number of halogens is 2. The molecular formula is C18H15ClFN. The zero-order valence-corrected chi connectivity index (χ0v) is 12.1. The summed E-state index contributed by atoms with van der Waals surface area (Å²) in [5.74, 6) is 0.494. The highest BCUT2D eigenvalue weighted by molar-refractivity contribution is 6.33. The van der Waals surface area contributed by atoms with Crippen molar-refractivity contribution >= 4 is 17.3 Å². The molecule has 0 amide bonds. The quantitative estimate of drug-likeness (QED) is 0.704. The minimum Gasteiger partial charge on any atom is -0.376 e. The van der Waals surface area contributed by atoms with Crippen molar-refractivity contribution in [1.29, 1.82) is 0 Å². The van der Waals surface area contributed by atoms with E-state index >= 15 is 0 Å². The van der Waals surface area contributed by atoms with Gasteiger partial charge in [-0.15, -0.1) is 0 Å². The number of nitrogens with one attached hydrogen (secondary N) is 1. The van der Waals surface area contributed by atoms with Gasteiger partial charge in [-0.05, 0) is 30.0 Å². The molecule has 0 fully saturated rings. The first-order chi connectivity index (χ1) is 10.3. The lowest BCUT2D eigenvalue weighted by Crippen LogP contribution is -2.29. The fourth-order valence-electron chi connectivity index (χ4n) is 3.62. The maximum Gasteiger partial charge on any atom is 0.128 e. The van der Waals surface area contributed by atoms with Crippen LogP contribution >= 0.6 is 11.6 Å². The molecule has 4 rings (SSSR count). The van der Waals surface area contributed by atoms with Crippen molar-refractivity contribution in [2.45, 2.75) is 18.4 Å². The molecule has 0 spiro atoms. The van der Waals surface area contributed by atoms with Crippen molar-refractivity contribution in [1.82, 2.24) is 0 Å². The van der Waals surface area contributed by atoms with Gasteiger partial charge in [0.1, 0.15) is 5.82 Å². The Kier molecular flexibility index (Phi) is 3.00. The molecule has 1 aliphatic carbocycles. The summed E-state index contributed by atoms with van der Waals surface area (Å²) in [6.07, 6.45) is 5.39. The van der Waals surface area contributed by atoms with Crippen LogP contribution in [-0.4, -0.2) is 0 Å². The molecule has 3 atom stereocenters. The monoisotopic (exact) mass is 299 g/mol. The summed E-state index contributed by atoms with van der Waals surface area (Å²) in [7, 11) is 0. The van der Waals surface area contributed by atoms with Gasteiger partial charge in [-0.1, -0.05) is 54.1 Å². The molecule has 2 aliphatic rings. The Balaban J connectivity index is 1.85. The van der Waals surface area contributed by atoms with Crippen molar-refractivity contribution < 1.29 is 4.39 Å². The molecule has 2 aromatic carbocycles. The fraction of sp³-hybridized carbons (Fsp3) is 0.222. The number of benzene rings is 2. The first-order valence-corrected chi connectivity index (χ1v) is 7.59. The number of allylic oxidation sites excluding steroid dienone is 2. The average molecular weight is 300 g/mol. The van der Waals surface area contributed by atoms with E-state index < -0.39 is 0 Å². The molecular weight excluding hydrogens is 285 g/mol. The van der Waals surface area contributed by atoms with E-state index in [1.54, 1.807) is 6.07 Å². The molecule has 0 unspecified atom stereocenters. The number of para-hydroxylation sites is 1. The Morgan fingerprint density at radius 3 is 2.71 bits per heavy atom. The molecule has 1 heterocycles. The molecule has 1 N–H and O–H groups in total. The van der Waals surface area contributed by atoms with Gasteiger partial charge in [-0.2, -0.15) is 0 Å². The number of hydrogen-bond donors (Lipinski definition) is 1. The third kappa shape index (κ3) is 1.97. The minimum atomic E-state index is -0.156.